The van der Waals surface area contributed by atoms with Crippen molar-refractivity contribution in [1.29, 1.82) is 0 Å². The molecule has 3 fully saturated rings. The molecule has 428 valence electrons. The maximum Gasteiger partial charge on any atom is 0.408 e. The third kappa shape index (κ3) is 13.9. The zero-order valence-electron chi connectivity index (χ0n) is 46.0. The maximum atomic E-state index is 14.2. The minimum atomic E-state index is -1.96. The summed E-state index contributed by atoms with van der Waals surface area (Å²) >= 11 is 19.5. The van der Waals surface area contributed by atoms with Crippen LogP contribution in [0.15, 0.2) is 112 Å². The molecule has 4 aliphatic rings. The van der Waals surface area contributed by atoms with Crippen LogP contribution in [0.25, 0.3) is 0 Å². The van der Waals surface area contributed by atoms with E-state index in [1.54, 1.807) is 67.2 Å². The van der Waals surface area contributed by atoms with Crippen molar-refractivity contribution >= 4 is 104 Å². The molecule has 5 aromatic rings. The van der Waals surface area contributed by atoms with Gasteiger partial charge < -0.3 is 30.2 Å². The first-order valence-electron chi connectivity index (χ1n) is 26.5. The molecule has 22 heteroatoms. The fraction of sp³-hybridized carbons (Fsp3) is 0.414. The van der Waals surface area contributed by atoms with Crippen molar-refractivity contribution in [3.63, 3.8) is 0 Å². The normalized spacial score (nSPS) is 18.8. The Hall–Kier alpha value is -5.48. The van der Waals surface area contributed by atoms with E-state index in [1.807, 2.05) is 24.3 Å². The van der Waals surface area contributed by atoms with Gasteiger partial charge in [0.05, 0.1) is 46.3 Å². The summed E-state index contributed by atoms with van der Waals surface area (Å²) in [5.74, 6) is -1.69. The van der Waals surface area contributed by atoms with Gasteiger partial charge in [0.25, 0.3) is 11.8 Å². The number of fused-ring (bicyclic) bond motifs is 4. The first-order valence-corrected chi connectivity index (χ1v) is 31.8. The maximum absolute atomic E-state index is 14.2. The van der Waals surface area contributed by atoms with Crippen molar-refractivity contribution in [2.45, 2.75) is 121 Å². The van der Waals surface area contributed by atoms with Crippen LogP contribution in [0.4, 0.5) is 35.4 Å². The lowest BCUT2D eigenvalue weighted by molar-refractivity contribution is -0.138. The summed E-state index contributed by atoms with van der Waals surface area (Å²) in [6.45, 7) is 19.0. The van der Waals surface area contributed by atoms with Crippen LogP contribution >= 0.6 is 55.1 Å². The van der Waals surface area contributed by atoms with Crippen LogP contribution in [0.1, 0.15) is 101 Å². The molecule has 0 radical (unpaired) electrons. The molecule has 15 nitrogen and oxygen atoms in total. The van der Waals surface area contributed by atoms with Gasteiger partial charge in [-0.25, -0.2) is 18.4 Å². The van der Waals surface area contributed by atoms with Gasteiger partial charge in [0, 0.05) is 77.0 Å². The molecular weight excluding hydrogens is 1220 g/mol. The van der Waals surface area contributed by atoms with Gasteiger partial charge >= 0.3 is 12.1 Å². The molecule has 0 aromatic heterocycles. The summed E-state index contributed by atoms with van der Waals surface area (Å²) in [6, 6.07) is 25.9. The second-order valence-corrected chi connectivity index (χ2v) is 30.2. The number of anilines is 3. The molecule has 4 heterocycles. The molecule has 4 aliphatic heterocycles. The minimum absolute atomic E-state index is 0.00445. The van der Waals surface area contributed by atoms with Gasteiger partial charge in [0.15, 0.2) is 8.32 Å². The topological polar surface area (TPSA) is 159 Å². The van der Waals surface area contributed by atoms with Gasteiger partial charge in [-0.05, 0) is 129 Å². The number of nitrogens with zero attached hydrogens (tertiary/aromatic N) is 5. The zero-order chi connectivity index (χ0) is 58.0. The molecule has 0 spiro atoms. The van der Waals surface area contributed by atoms with Gasteiger partial charge in [-0.15, -0.1) is 0 Å². The summed E-state index contributed by atoms with van der Waals surface area (Å²) in [5, 5.41) is 26.6. The van der Waals surface area contributed by atoms with Crippen LogP contribution in [0.2, 0.25) is 28.2 Å². The van der Waals surface area contributed by atoms with Crippen molar-refractivity contribution < 1.29 is 42.2 Å². The van der Waals surface area contributed by atoms with E-state index < -0.39 is 55.6 Å². The second-order valence-electron chi connectivity index (χ2n) is 22.8. The summed E-state index contributed by atoms with van der Waals surface area (Å²) in [7, 11) is -1.96. The number of urea groups is 1. The lowest BCUT2D eigenvalue weighted by atomic mass is 9.89. The highest BCUT2D eigenvalue weighted by atomic mass is 79.9. The number of nitrogens with one attached hydrogen (secondary N) is 3. The highest BCUT2D eigenvalue weighted by molar-refractivity contribution is 9.10. The SMILES string of the molecule is CC(C)(C)N(C(=O)O)[C@H](C(=O)N1CCCN1c1cc(F)ccc1Cl)c1ccc(Br)cc1.CC(C)(C)[Si](C)(C)O[C@@H]1CO[C@@H]2C[C@H]1Nc1ccc(CNC(=O)N[C@H](C(=O)N3CCCN3c3cc(F)ccc3Cl)c3ccc(Br)cc3)cc12. The molecular formula is C58H68Br2Cl2F2N8O7Si. The number of hydrogen-bond donors (Lipinski definition) is 4. The molecule has 4 N–H and O–H groups in total. The minimum Gasteiger partial charge on any atom is -0.465 e. The molecule has 3 saturated heterocycles. The van der Waals surface area contributed by atoms with E-state index in [0.717, 1.165) is 37.1 Å². The predicted octanol–water partition coefficient (Wildman–Crippen LogP) is 13.8. The quantitative estimate of drug-likeness (QED) is 0.0886. The van der Waals surface area contributed by atoms with Crippen LogP contribution in [0.3, 0.4) is 0 Å². The van der Waals surface area contributed by atoms with Crippen molar-refractivity contribution in [3.8, 4) is 0 Å². The van der Waals surface area contributed by atoms with Gasteiger partial charge in [-0.3, -0.25) is 34.5 Å². The number of halogens is 6. The monoisotopic (exact) mass is 1280 g/mol. The molecule has 0 unspecified atom stereocenters. The largest absolute Gasteiger partial charge is 0.465 e. The predicted molar refractivity (Wildman–Crippen MR) is 318 cm³/mol. The average molecular weight is 1290 g/mol. The van der Waals surface area contributed by atoms with E-state index in [0.29, 0.717) is 78.2 Å². The zero-order valence-corrected chi connectivity index (χ0v) is 51.7. The number of hydrazine groups is 2. The lowest BCUT2D eigenvalue weighted by Gasteiger charge is -2.47. The Kier molecular flexibility index (Phi) is 18.9. The third-order valence-corrected chi connectivity index (χ3v) is 21.4. The third-order valence-electron chi connectivity index (χ3n) is 15.2. The summed E-state index contributed by atoms with van der Waals surface area (Å²) in [6.07, 6.45) is 0.867. The first kappa shape index (κ1) is 60.6. The molecule has 5 amide bonds. The van der Waals surface area contributed by atoms with E-state index in [1.165, 1.54) is 46.4 Å². The van der Waals surface area contributed by atoms with Gasteiger partial charge in [0.2, 0.25) is 0 Å². The molecule has 5 atom stereocenters. The number of hydrogen-bond acceptors (Lipinski definition) is 9. The first-order chi connectivity index (χ1) is 37.7. The Balaban J connectivity index is 0.000000233. The molecule has 80 heavy (non-hydrogen) atoms. The highest BCUT2D eigenvalue weighted by Gasteiger charge is 2.46. The van der Waals surface area contributed by atoms with Gasteiger partial charge in [-0.2, -0.15) is 0 Å². The van der Waals surface area contributed by atoms with Crippen molar-refractivity contribution in [2.24, 2.45) is 0 Å². The number of carboxylic acid groups (broad SMARTS) is 1. The van der Waals surface area contributed by atoms with Crippen molar-refractivity contribution in [2.75, 3.05) is 48.1 Å². The Labute approximate surface area is 494 Å². The second kappa shape index (κ2) is 24.9. The van der Waals surface area contributed by atoms with E-state index in [9.17, 15) is 33.1 Å². The Morgan fingerprint density at radius 3 is 1.84 bits per heavy atom. The van der Waals surface area contributed by atoms with Gasteiger partial charge in [0.1, 0.15) is 23.7 Å². The molecule has 0 aliphatic carbocycles. The van der Waals surface area contributed by atoms with E-state index in [4.69, 9.17) is 32.4 Å². The Bertz CT molecular complexity index is 3080. The number of ether oxygens (including phenoxy) is 1. The van der Waals surface area contributed by atoms with Crippen molar-refractivity contribution in [3.05, 3.63) is 156 Å². The van der Waals surface area contributed by atoms with E-state index in [-0.39, 0.29) is 35.7 Å². The van der Waals surface area contributed by atoms with E-state index >= 15 is 0 Å². The summed E-state index contributed by atoms with van der Waals surface area (Å²) in [5.41, 5.74) is 4.08. The number of benzene rings is 5. The number of amides is 5. The Morgan fingerprint density at radius 2 is 1.31 bits per heavy atom. The summed E-state index contributed by atoms with van der Waals surface area (Å²) < 4.78 is 42.8. The molecule has 5 aromatic carbocycles. The smallest absolute Gasteiger partial charge is 0.408 e. The fourth-order valence-electron chi connectivity index (χ4n) is 10.1. The van der Waals surface area contributed by atoms with Crippen LogP contribution in [0.5, 0.6) is 0 Å². The van der Waals surface area contributed by atoms with Gasteiger partial charge in [-0.1, -0.05) is 106 Å². The van der Waals surface area contributed by atoms with Crippen LogP contribution in [0, 0.1) is 11.6 Å². The molecule has 9 rings (SSSR count). The number of carbonyl (C=O) groups excluding carboxylic acids is 3. The number of rotatable bonds is 12. The van der Waals surface area contributed by atoms with Crippen LogP contribution in [-0.4, -0.2) is 103 Å². The van der Waals surface area contributed by atoms with Crippen LogP contribution < -0.4 is 26.0 Å². The van der Waals surface area contributed by atoms with Crippen molar-refractivity contribution in [1.82, 2.24) is 25.6 Å². The number of carbonyl (C=O) groups is 4. The summed E-state index contributed by atoms with van der Waals surface area (Å²) in [4.78, 5) is 54.7. The molecule has 2 bridgehead atoms. The molecule has 0 saturated carbocycles. The van der Waals surface area contributed by atoms with Crippen LogP contribution in [-0.2, 0) is 25.3 Å². The highest BCUT2D eigenvalue weighted by Crippen LogP contribution is 2.44. The van der Waals surface area contributed by atoms with E-state index in [2.05, 4.69) is 87.7 Å². The lowest BCUT2D eigenvalue weighted by Crippen LogP contribution is -2.54. The fourth-order valence-corrected chi connectivity index (χ4v) is 12.4. The average Bonchev–Trinajstić information content (AvgIpc) is 4.21. The Morgan fingerprint density at radius 1 is 0.775 bits per heavy atom. The standard InChI is InChI=1S/C36H44BrClFN5O4Si.C22H24BrClFN3O3/c1-36(2,3)49(4,5)48-32-21-47-31-19-29(32)41-28-14-7-22(17-26(28)31)20-40-35(46)42-33(23-8-10-24(37)11-9-23)34(45)44-16-6-15-43(44)30-18-25(39)12-13-27(30)38;1-22(2,3)28(21(30)31)19(14-5-7-15(23)8-6-14)20(29)27-12-4-11-26(27)18-13-16(25)9-10-17(18)24/h7-14,17-18,29,31-33,41H,6,15-16,19-21H2,1-5H3,(H2,40,42,46);5-10,13,19H,4,11-12H2,1-3H3,(H,30,31)/t29-,31-,32-,33+;19-/m10/s1.